The highest BCUT2D eigenvalue weighted by Gasteiger charge is 2.01. The summed E-state index contributed by atoms with van der Waals surface area (Å²) in [7, 11) is 1.92. The van der Waals surface area contributed by atoms with Gasteiger partial charge in [0, 0.05) is 29.3 Å². The molecule has 1 aromatic heterocycles. The zero-order valence-electron chi connectivity index (χ0n) is 11.1. The third-order valence-electron chi connectivity index (χ3n) is 2.75. The van der Waals surface area contributed by atoms with Crippen LogP contribution in [0.1, 0.15) is 11.4 Å². The van der Waals surface area contributed by atoms with Crippen molar-refractivity contribution in [1.29, 1.82) is 0 Å². The third-order valence-corrected chi connectivity index (χ3v) is 3.60. The highest BCUT2D eigenvalue weighted by molar-refractivity contribution is 9.10. The number of aryl methyl sites for hydroxylation is 1. The van der Waals surface area contributed by atoms with Crippen LogP contribution in [0.25, 0.3) is 0 Å². The molecule has 0 bridgehead atoms. The number of halogens is 1. The second-order valence-electron chi connectivity index (χ2n) is 4.30. The average molecular weight is 321 g/mol. The molecule has 0 aliphatic rings. The Morgan fingerprint density at radius 1 is 1.26 bits per heavy atom. The number of hydrogen-bond acceptors (Lipinski definition) is 4. The van der Waals surface area contributed by atoms with Gasteiger partial charge in [-0.1, -0.05) is 22.0 Å². The van der Waals surface area contributed by atoms with Gasteiger partial charge in [0.25, 0.3) is 0 Å². The molecule has 5 heteroatoms. The van der Waals surface area contributed by atoms with Gasteiger partial charge in [-0.3, -0.25) is 0 Å². The van der Waals surface area contributed by atoms with Gasteiger partial charge in [-0.15, -0.1) is 0 Å². The van der Waals surface area contributed by atoms with E-state index in [-0.39, 0.29) is 0 Å². The molecule has 0 amide bonds. The SMILES string of the molecule is CNCCc1nccc(Nc2ccc(C)c(Br)c2)n1. The molecule has 100 valence electrons. The first-order chi connectivity index (χ1) is 9.19. The zero-order valence-corrected chi connectivity index (χ0v) is 12.7. The predicted molar refractivity (Wildman–Crippen MR) is 81.8 cm³/mol. The van der Waals surface area contributed by atoms with Crippen LogP contribution in [0.15, 0.2) is 34.9 Å². The molecule has 2 N–H and O–H groups in total. The molecule has 0 saturated carbocycles. The number of anilines is 2. The Kier molecular flexibility index (Phi) is 4.87. The molecular weight excluding hydrogens is 304 g/mol. The molecule has 0 fully saturated rings. The lowest BCUT2D eigenvalue weighted by atomic mass is 10.2. The number of likely N-dealkylation sites (N-methyl/N-ethyl adjacent to an activating group) is 1. The van der Waals surface area contributed by atoms with Crippen molar-refractivity contribution in [3.8, 4) is 0 Å². The van der Waals surface area contributed by atoms with Crippen molar-refractivity contribution in [1.82, 2.24) is 15.3 Å². The van der Waals surface area contributed by atoms with Crippen LogP contribution in [0, 0.1) is 6.92 Å². The second-order valence-corrected chi connectivity index (χ2v) is 5.15. The lowest BCUT2D eigenvalue weighted by molar-refractivity contribution is 0.756. The minimum Gasteiger partial charge on any atom is -0.340 e. The van der Waals surface area contributed by atoms with E-state index in [0.717, 1.165) is 34.8 Å². The molecule has 0 atom stereocenters. The van der Waals surface area contributed by atoms with Crippen LogP contribution in [0.2, 0.25) is 0 Å². The minimum atomic E-state index is 0.817. The van der Waals surface area contributed by atoms with Crippen LogP contribution < -0.4 is 10.6 Å². The summed E-state index contributed by atoms with van der Waals surface area (Å²) in [6.45, 7) is 2.94. The smallest absolute Gasteiger partial charge is 0.134 e. The third kappa shape index (κ3) is 4.01. The van der Waals surface area contributed by atoms with Crippen LogP contribution in [-0.4, -0.2) is 23.6 Å². The Hall–Kier alpha value is -1.46. The van der Waals surface area contributed by atoms with Gasteiger partial charge in [-0.25, -0.2) is 9.97 Å². The molecule has 0 radical (unpaired) electrons. The zero-order chi connectivity index (χ0) is 13.7. The van der Waals surface area contributed by atoms with E-state index in [4.69, 9.17) is 0 Å². The first-order valence-electron chi connectivity index (χ1n) is 6.19. The van der Waals surface area contributed by atoms with Crippen LogP contribution in [-0.2, 0) is 6.42 Å². The fourth-order valence-electron chi connectivity index (χ4n) is 1.64. The van der Waals surface area contributed by atoms with Crippen molar-refractivity contribution in [3.63, 3.8) is 0 Å². The Labute approximate surface area is 121 Å². The Balaban J connectivity index is 2.11. The number of nitrogens with zero attached hydrogens (tertiary/aromatic N) is 2. The molecule has 0 aliphatic carbocycles. The topological polar surface area (TPSA) is 49.8 Å². The predicted octanol–water partition coefficient (Wildman–Crippen LogP) is 3.05. The Morgan fingerprint density at radius 2 is 2.11 bits per heavy atom. The number of benzene rings is 1. The van der Waals surface area contributed by atoms with E-state index in [0.29, 0.717) is 0 Å². The highest BCUT2D eigenvalue weighted by Crippen LogP contribution is 2.22. The van der Waals surface area contributed by atoms with E-state index in [1.165, 1.54) is 5.56 Å². The number of aromatic nitrogens is 2. The lowest BCUT2D eigenvalue weighted by Gasteiger charge is -2.08. The first kappa shape index (κ1) is 14.0. The van der Waals surface area contributed by atoms with E-state index in [1.54, 1.807) is 6.20 Å². The van der Waals surface area contributed by atoms with E-state index >= 15 is 0 Å². The minimum absolute atomic E-state index is 0.817. The van der Waals surface area contributed by atoms with Gasteiger partial charge in [-0.05, 0) is 37.7 Å². The summed E-state index contributed by atoms with van der Waals surface area (Å²) in [4.78, 5) is 8.73. The molecular formula is C14H17BrN4. The standard InChI is InChI=1S/C14H17BrN4/c1-10-3-4-11(9-12(10)15)18-14-6-8-17-13(19-14)5-7-16-2/h3-4,6,8-9,16H,5,7H2,1-2H3,(H,17,18,19). The Morgan fingerprint density at radius 3 is 2.84 bits per heavy atom. The molecule has 1 heterocycles. The number of hydrogen-bond donors (Lipinski definition) is 2. The number of rotatable bonds is 5. The van der Waals surface area contributed by atoms with Crippen LogP contribution >= 0.6 is 15.9 Å². The van der Waals surface area contributed by atoms with Crippen molar-refractivity contribution in [3.05, 3.63) is 46.3 Å². The van der Waals surface area contributed by atoms with Crippen molar-refractivity contribution >= 4 is 27.4 Å². The van der Waals surface area contributed by atoms with Crippen LogP contribution in [0.5, 0.6) is 0 Å². The van der Waals surface area contributed by atoms with Crippen molar-refractivity contribution in [2.45, 2.75) is 13.3 Å². The van der Waals surface area contributed by atoms with Gasteiger partial charge >= 0.3 is 0 Å². The van der Waals surface area contributed by atoms with E-state index < -0.39 is 0 Å². The molecule has 19 heavy (non-hydrogen) atoms. The molecule has 1 aromatic carbocycles. The molecule has 2 aromatic rings. The molecule has 0 saturated heterocycles. The first-order valence-corrected chi connectivity index (χ1v) is 6.98. The average Bonchev–Trinajstić information content (AvgIpc) is 2.41. The molecule has 0 aliphatic heterocycles. The molecule has 4 nitrogen and oxygen atoms in total. The summed E-state index contributed by atoms with van der Waals surface area (Å²) in [6, 6.07) is 8.02. The molecule has 0 unspecified atom stereocenters. The Bertz CT molecular complexity index is 557. The van der Waals surface area contributed by atoms with Gasteiger partial charge in [0.05, 0.1) is 0 Å². The van der Waals surface area contributed by atoms with Crippen molar-refractivity contribution in [2.75, 3.05) is 18.9 Å². The van der Waals surface area contributed by atoms with Gasteiger partial charge < -0.3 is 10.6 Å². The van der Waals surface area contributed by atoms with E-state index in [9.17, 15) is 0 Å². The summed E-state index contributed by atoms with van der Waals surface area (Å²) >= 11 is 3.53. The maximum atomic E-state index is 4.48. The normalized spacial score (nSPS) is 10.5. The second kappa shape index (κ2) is 6.63. The summed E-state index contributed by atoms with van der Waals surface area (Å²) < 4.78 is 1.09. The van der Waals surface area contributed by atoms with Crippen molar-refractivity contribution in [2.24, 2.45) is 0 Å². The van der Waals surface area contributed by atoms with Crippen molar-refractivity contribution < 1.29 is 0 Å². The quantitative estimate of drug-likeness (QED) is 0.889. The van der Waals surface area contributed by atoms with Gasteiger partial charge in [0.15, 0.2) is 0 Å². The molecule has 2 rings (SSSR count). The van der Waals surface area contributed by atoms with Crippen LogP contribution in [0.4, 0.5) is 11.5 Å². The summed E-state index contributed by atoms with van der Waals surface area (Å²) in [5.74, 6) is 1.65. The van der Waals surface area contributed by atoms with Gasteiger partial charge in [0.1, 0.15) is 11.6 Å². The lowest BCUT2D eigenvalue weighted by Crippen LogP contribution is -2.12. The molecule has 0 spiro atoms. The maximum Gasteiger partial charge on any atom is 0.134 e. The van der Waals surface area contributed by atoms with E-state index in [2.05, 4.69) is 49.5 Å². The maximum absolute atomic E-state index is 4.48. The van der Waals surface area contributed by atoms with Gasteiger partial charge in [-0.2, -0.15) is 0 Å². The summed E-state index contributed by atoms with van der Waals surface area (Å²) in [5.41, 5.74) is 2.22. The monoisotopic (exact) mass is 320 g/mol. The fourth-order valence-corrected chi connectivity index (χ4v) is 2.02. The summed E-state index contributed by atoms with van der Waals surface area (Å²) in [5, 5.41) is 6.38. The highest BCUT2D eigenvalue weighted by atomic mass is 79.9. The van der Waals surface area contributed by atoms with E-state index in [1.807, 2.05) is 25.2 Å². The van der Waals surface area contributed by atoms with Crippen LogP contribution in [0.3, 0.4) is 0 Å². The summed E-state index contributed by atoms with van der Waals surface area (Å²) in [6.07, 6.45) is 2.60. The number of nitrogens with one attached hydrogen (secondary N) is 2. The van der Waals surface area contributed by atoms with Gasteiger partial charge in [0.2, 0.25) is 0 Å². The largest absolute Gasteiger partial charge is 0.340 e. The fraction of sp³-hybridized carbons (Fsp3) is 0.286.